The number of rotatable bonds is 7. The monoisotopic (exact) mass is 403 g/mol. The molecule has 2 nitrogen and oxygen atoms in total. The highest BCUT2D eigenvalue weighted by atomic mass is 127. The fourth-order valence-electron chi connectivity index (χ4n) is 0.755. The zero-order valence-electron chi connectivity index (χ0n) is 8.62. The first-order valence-electron chi connectivity index (χ1n) is 4.20. The van der Waals surface area contributed by atoms with Crippen LogP contribution in [-0.2, 0) is 4.74 Å². The maximum absolute atomic E-state index is 12.7. The summed E-state index contributed by atoms with van der Waals surface area (Å²) in [4.78, 5) is 0. The Bertz CT molecular complexity index is 250. The van der Waals surface area contributed by atoms with Gasteiger partial charge in [-0.25, -0.2) is 8.78 Å². The van der Waals surface area contributed by atoms with E-state index < -0.39 is 37.4 Å². The van der Waals surface area contributed by atoms with Crippen molar-refractivity contribution in [1.29, 1.82) is 0 Å². The molecule has 0 aromatic heterocycles. The van der Waals surface area contributed by atoms with Crippen LogP contribution in [0.15, 0.2) is 0 Å². The Hall–Kier alpha value is 0.0900. The Morgan fingerprint density at radius 3 is 1.78 bits per heavy atom. The van der Waals surface area contributed by atoms with Crippen LogP contribution in [-0.4, -0.2) is 44.0 Å². The SMILES string of the molecule is I.NCCOCC(F)(F)C(F)(F)C(F)(F)C(F)F. The lowest BCUT2D eigenvalue weighted by Gasteiger charge is -2.31. The van der Waals surface area contributed by atoms with E-state index in [0.717, 1.165) is 0 Å². The van der Waals surface area contributed by atoms with Crippen molar-refractivity contribution in [3.05, 3.63) is 0 Å². The summed E-state index contributed by atoms with van der Waals surface area (Å²) in [5.41, 5.74) is 4.78. The Balaban J connectivity index is 0. The molecule has 0 unspecified atom stereocenters. The third kappa shape index (κ3) is 4.05. The van der Waals surface area contributed by atoms with Gasteiger partial charge in [-0.3, -0.25) is 0 Å². The standard InChI is InChI=1S/C7H9F8NO.HI/c8-4(9)6(12,13)7(14,15)5(10,11)3-17-2-1-16;/h4H,1-3,16H2;1H. The molecule has 0 aromatic rings. The number of hydrogen-bond acceptors (Lipinski definition) is 2. The molecule has 0 aliphatic carbocycles. The fraction of sp³-hybridized carbons (Fsp3) is 1.00. The van der Waals surface area contributed by atoms with Gasteiger partial charge < -0.3 is 10.5 Å². The van der Waals surface area contributed by atoms with Gasteiger partial charge in [-0.2, -0.15) is 26.3 Å². The maximum atomic E-state index is 12.7. The second kappa shape index (κ2) is 7.03. The smallest absolute Gasteiger partial charge is 0.374 e. The minimum atomic E-state index is -6.22. The average molecular weight is 403 g/mol. The topological polar surface area (TPSA) is 35.2 Å². The zero-order chi connectivity index (χ0) is 13.9. The van der Waals surface area contributed by atoms with Crippen LogP contribution in [0.3, 0.4) is 0 Å². The van der Waals surface area contributed by atoms with E-state index in [1.54, 1.807) is 0 Å². The minimum Gasteiger partial charge on any atom is -0.374 e. The van der Waals surface area contributed by atoms with Crippen molar-refractivity contribution in [3.8, 4) is 0 Å². The second-order valence-corrected chi connectivity index (χ2v) is 3.04. The van der Waals surface area contributed by atoms with Gasteiger partial charge in [0.1, 0.15) is 6.61 Å². The molecule has 0 aliphatic heterocycles. The molecule has 0 rings (SSSR count). The molecule has 0 saturated heterocycles. The Kier molecular flexibility index (Phi) is 7.97. The van der Waals surface area contributed by atoms with Gasteiger partial charge in [-0.15, -0.1) is 24.0 Å². The van der Waals surface area contributed by atoms with Gasteiger partial charge in [0, 0.05) is 6.54 Å². The zero-order valence-corrected chi connectivity index (χ0v) is 10.9. The second-order valence-electron chi connectivity index (χ2n) is 3.04. The van der Waals surface area contributed by atoms with E-state index in [1.165, 1.54) is 0 Å². The molecule has 0 amide bonds. The number of ether oxygens (including phenoxy) is 1. The Morgan fingerprint density at radius 1 is 1.00 bits per heavy atom. The van der Waals surface area contributed by atoms with Gasteiger partial charge in [0.25, 0.3) is 0 Å². The highest BCUT2D eigenvalue weighted by Gasteiger charge is 2.75. The lowest BCUT2D eigenvalue weighted by molar-refractivity contribution is -0.345. The molecule has 0 heterocycles. The largest absolute Gasteiger partial charge is 0.380 e. The molecule has 112 valence electrons. The van der Waals surface area contributed by atoms with Crippen molar-refractivity contribution in [2.45, 2.75) is 24.2 Å². The third-order valence-electron chi connectivity index (χ3n) is 1.70. The summed E-state index contributed by atoms with van der Waals surface area (Å²) in [6.07, 6.45) is -4.92. The average Bonchev–Trinajstić information content (AvgIpc) is 2.17. The Labute approximate surface area is 114 Å². The normalized spacial score (nSPS) is 13.7. The van der Waals surface area contributed by atoms with Gasteiger partial charge in [0.15, 0.2) is 0 Å². The summed E-state index contributed by atoms with van der Waals surface area (Å²) < 4.78 is 102. The molecule has 0 fully saturated rings. The molecular formula is C7H10F8INO. The van der Waals surface area contributed by atoms with Crippen LogP contribution in [0, 0.1) is 0 Å². The highest BCUT2D eigenvalue weighted by Crippen LogP contribution is 2.48. The van der Waals surface area contributed by atoms with E-state index >= 15 is 0 Å². The number of halogens is 9. The molecule has 0 radical (unpaired) electrons. The first-order valence-corrected chi connectivity index (χ1v) is 4.20. The van der Waals surface area contributed by atoms with Gasteiger partial charge in [0.2, 0.25) is 0 Å². The van der Waals surface area contributed by atoms with Crippen molar-refractivity contribution in [3.63, 3.8) is 0 Å². The first-order chi connectivity index (χ1) is 7.50. The summed E-state index contributed by atoms with van der Waals surface area (Å²) >= 11 is 0. The first kappa shape index (κ1) is 20.4. The van der Waals surface area contributed by atoms with Gasteiger partial charge in [0.05, 0.1) is 6.61 Å². The molecule has 0 saturated carbocycles. The summed E-state index contributed by atoms with van der Waals surface area (Å²) in [5.74, 6) is -17.8. The van der Waals surface area contributed by atoms with Crippen molar-refractivity contribution in [2.75, 3.05) is 19.8 Å². The molecular weight excluding hydrogens is 393 g/mol. The van der Waals surface area contributed by atoms with Crippen LogP contribution < -0.4 is 5.73 Å². The highest BCUT2D eigenvalue weighted by molar-refractivity contribution is 14.0. The van der Waals surface area contributed by atoms with Gasteiger partial charge >= 0.3 is 24.2 Å². The molecule has 11 heteroatoms. The number of nitrogens with two attached hydrogens (primary N) is 1. The van der Waals surface area contributed by atoms with E-state index in [4.69, 9.17) is 5.73 Å². The molecule has 0 bridgehead atoms. The summed E-state index contributed by atoms with van der Waals surface area (Å²) in [5, 5.41) is 0. The van der Waals surface area contributed by atoms with E-state index in [-0.39, 0.29) is 30.5 Å². The van der Waals surface area contributed by atoms with E-state index in [1.807, 2.05) is 0 Å². The van der Waals surface area contributed by atoms with E-state index in [9.17, 15) is 35.1 Å². The van der Waals surface area contributed by atoms with Crippen LogP contribution in [0.4, 0.5) is 35.1 Å². The van der Waals surface area contributed by atoms with Crippen LogP contribution in [0.2, 0.25) is 0 Å². The predicted molar refractivity (Wildman–Crippen MR) is 56.1 cm³/mol. The fourth-order valence-corrected chi connectivity index (χ4v) is 0.755. The lowest BCUT2D eigenvalue weighted by Crippen LogP contribution is -2.59. The Morgan fingerprint density at radius 2 is 1.44 bits per heavy atom. The van der Waals surface area contributed by atoms with Crippen LogP contribution >= 0.6 is 24.0 Å². The maximum Gasteiger partial charge on any atom is 0.380 e. The predicted octanol–water partition coefficient (Wildman–Crippen LogP) is 2.75. The van der Waals surface area contributed by atoms with Crippen molar-refractivity contribution >= 4 is 24.0 Å². The van der Waals surface area contributed by atoms with E-state index in [2.05, 4.69) is 4.74 Å². The molecule has 2 N–H and O–H groups in total. The summed E-state index contributed by atoms with van der Waals surface area (Å²) in [7, 11) is 0. The van der Waals surface area contributed by atoms with Gasteiger partial charge in [-0.1, -0.05) is 0 Å². The van der Waals surface area contributed by atoms with Crippen LogP contribution in [0.5, 0.6) is 0 Å². The third-order valence-corrected chi connectivity index (χ3v) is 1.70. The molecule has 18 heavy (non-hydrogen) atoms. The number of alkyl halides is 8. The van der Waals surface area contributed by atoms with Crippen molar-refractivity contribution < 1.29 is 39.9 Å². The minimum absolute atomic E-state index is 0. The summed E-state index contributed by atoms with van der Waals surface area (Å²) in [6.45, 7) is -3.03. The van der Waals surface area contributed by atoms with Crippen molar-refractivity contribution in [1.82, 2.24) is 0 Å². The molecule has 0 aromatic carbocycles. The number of hydrogen-bond donors (Lipinski definition) is 1. The quantitative estimate of drug-likeness (QED) is 0.403. The van der Waals surface area contributed by atoms with Gasteiger partial charge in [-0.05, 0) is 0 Å². The van der Waals surface area contributed by atoms with Crippen molar-refractivity contribution in [2.24, 2.45) is 5.73 Å². The lowest BCUT2D eigenvalue weighted by atomic mass is 10.1. The summed E-state index contributed by atoms with van der Waals surface area (Å²) in [6, 6.07) is 0. The molecule has 0 aliphatic rings. The molecule has 0 spiro atoms. The molecule has 0 atom stereocenters. The van der Waals surface area contributed by atoms with Crippen LogP contribution in [0.1, 0.15) is 0 Å². The van der Waals surface area contributed by atoms with E-state index in [0.29, 0.717) is 0 Å². The van der Waals surface area contributed by atoms with Crippen LogP contribution in [0.25, 0.3) is 0 Å².